The molecule has 0 aliphatic heterocycles. The van der Waals surface area contributed by atoms with Crippen molar-refractivity contribution in [2.45, 2.75) is 112 Å². The van der Waals surface area contributed by atoms with Gasteiger partial charge in [-0.25, -0.2) is 0 Å². The molecule has 5 aliphatic rings. The molecular formula is C31H50O3. The number of hydrogen-bond donors (Lipinski definition) is 1. The second-order valence-electron chi connectivity index (χ2n) is 14.7. The molecule has 0 radical (unpaired) electrons. The van der Waals surface area contributed by atoms with Crippen LogP contribution in [0.2, 0.25) is 0 Å². The van der Waals surface area contributed by atoms with Gasteiger partial charge in [0.05, 0.1) is 18.6 Å². The number of rotatable bonds is 1. The monoisotopic (exact) mass is 470 g/mol. The van der Waals surface area contributed by atoms with Gasteiger partial charge < -0.3 is 9.84 Å². The molecule has 192 valence electrons. The normalized spacial score (nSPS) is 54.0. The second kappa shape index (κ2) is 7.59. The van der Waals surface area contributed by atoms with E-state index in [1.165, 1.54) is 12.8 Å². The van der Waals surface area contributed by atoms with E-state index in [0.717, 1.165) is 44.9 Å². The molecular weight excluding hydrogens is 420 g/mol. The van der Waals surface area contributed by atoms with Crippen molar-refractivity contribution < 1.29 is 14.6 Å². The van der Waals surface area contributed by atoms with E-state index in [9.17, 15) is 9.90 Å². The van der Waals surface area contributed by atoms with E-state index in [-0.39, 0.29) is 39.1 Å². The van der Waals surface area contributed by atoms with Crippen molar-refractivity contribution in [1.29, 1.82) is 0 Å². The van der Waals surface area contributed by atoms with Crippen LogP contribution in [0, 0.1) is 56.7 Å². The number of carbonyl (C=O) groups excluding carboxylic acids is 1. The summed E-state index contributed by atoms with van der Waals surface area (Å²) in [6.07, 6.45) is 12.3. The van der Waals surface area contributed by atoms with Gasteiger partial charge in [0.25, 0.3) is 0 Å². The Bertz CT molecular complexity index is 889. The molecule has 0 aromatic rings. The predicted octanol–water partition coefficient (Wildman–Crippen LogP) is 7.18. The highest BCUT2D eigenvalue weighted by molar-refractivity contribution is 5.78. The second-order valence-corrected chi connectivity index (χ2v) is 14.7. The minimum Gasteiger partial charge on any atom is -0.469 e. The summed E-state index contributed by atoms with van der Waals surface area (Å²) in [5, 5.41) is 10.9. The van der Waals surface area contributed by atoms with Crippen molar-refractivity contribution in [1.82, 2.24) is 0 Å². The average Bonchev–Trinajstić information content (AvgIpc) is 2.79. The Morgan fingerprint density at radius 1 is 0.941 bits per heavy atom. The Labute approximate surface area is 208 Å². The van der Waals surface area contributed by atoms with Crippen LogP contribution >= 0.6 is 0 Å². The smallest absolute Gasteiger partial charge is 0.312 e. The van der Waals surface area contributed by atoms with E-state index in [1.807, 2.05) is 0 Å². The third kappa shape index (κ3) is 2.83. The minimum absolute atomic E-state index is 0.0147. The first-order valence-corrected chi connectivity index (χ1v) is 14.3. The summed E-state index contributed by atoms with van der Waals surface area (Å²) in [6.45, 7) is 17.2. The Morgan fingerprint density at radius 3 is 2.32 bits per heavy atom. The molecule has 1 N–H and O–H groups in total. The fraction of sp³-hybridized carbons (Fsp3) is 0.903. The van der Waals surface area contributed by atoms with Crippen LogP contribution in [0.25, 0.3) is 0 Å². The van der Waals surface area contributed by atoms with Crippen molar-refractivity contribution >= 4 is 5.97 Å². The molecule has 4 saturated carbocycles. The number of allylic oxidation sites excluding steroid dienone is 2. The lowest BCUT2D eigenvalue weighted by Crippen LogP contribution is -2.65. The van der Waals surface area contributed by atoms with Crippen molar-refractivity contribution in [3.63, 3.8) is 0 Å². The molecule has 0 bridgehead atoms. The van der Waals surface area contributed by atoms with Crippen LogP contribution < -0.4 is 0 Å². The van der Waals surface area contributed by atoms with Gasteiger partial charge in [0.1, 0.15) is 0 Å². The lowest BCUT2D eigenvalue weighted by Gasteiger charge is -2.71. The molecule has 5 aliphatic carbocycles. The van der Waals surface area contributed by atoms with Crippen molar-refractivity contribution in [3.05, 3.63) is 11.6 Å². The van der Waals surface area contributed by atoms with E-state index in [2.05, 4.69) is 54.5 Å². The minimum atomic E-state index is -0.326. The molecule has 4 fully saturated rings. The summed E-state index contributed by atoms with van der Waals surface area (Å²) < 4.78 is 5.51. The molecule has 3 nitrogen and oxygen atoms in total. The predicted molar refractivity (Wildman–Crippen MR) is 137 cm³/mol. The fourth-order valence-corrected chi connectivity index (χ4v) is 11.0. The summed E-state index contributed by atoms with van der Waals surface area (Å²) in [5.74, 6) is 2.73. The van der Waals surface area contributed by atoms with E-state index in [1.54, 1.807) is 12.7 Å². The molecule has 3 heteroatoms. The summed E-state index contributed by atoms with van der Waals surface area (Å²) in [4.78, 5) is 13.4. The zero-order chi connectivity index (χ0) is 24.9. The molecule has 0 unspecified atom stereocenters. The molecule has 0 amide bonds. The van der Waals surface area contributed by atoms with Crippen LogP contribution in [0.15, 0.2) is 11.6 Å². The maximum Gasteiger partial charge on any atom is 0.312 e. The number of carbonyl (C=O) groups is 1. The van der Waals surface area contributed by atoms with E-state index < -0.39 is 0 Å². The Balaban J connectivity index is 1.61. The van der Waals surface area contributed by atoms with Crippen LogP contribution in [0.4, 0.5) is 0 Å². The quantitative estimate of drug-likeness (QED) is 0.326. The first-order chi connectivity index (χ1) is 15.8. The molecule has 0 spiro atoms. The van der Waals surface area contributed by atoms with Gasteiger partial charge in [-0.2, -0.15) is 0 Å². The van der Waals surface area contributed by atoms with Crippen LogP contribution in [-0.2, 0) is 9.53 Å². The lowest BCUT2D eigenvalue weighted by atomic mass is 9.33. The number of fused-ring (bicyclic) bond motifs is 7. The zero-order valence-corrected chi connectivity index (χ0v) is 23.2. The highest BCUT2D eigenvalue weighted by atomic mass is 16.5. The summed E-state index contributed by atoms with van der Waals surface area (Å²) in [6, 6.07) is 0. The largest absolute Gasteiger partial charge is 0.469 e. The SMILES string of the molecule is COC(=O)[C@]12CC[C@@H](C)[C@H](C)[C@H]1C1=CC[C@H]3[C@@]4(C)CC[C@H](O)C(C)(C)[C@H]4CC[C@@]3(C)[C@]1(C)CC2. The number of methoxy groups -OCH3 is 1. The first-order valence-electron chi connectivity index (χ1n) is 14.3. The number of aliphatic hydroxyl groups excluding tert-OH is 1. The van der Waals surface area contributed by atoms with Gasteiger partial charge in [-0.3, -0.25) is 4.79 Å². The maximum atomic E-state index is 13.4. The van der Waals surface area contributed by atoms with Crippen LogP contribution in [0.3, 0.4) is 0 Å². The van der Waals surface area contributed by atoms with Crippen LogP contribution in [0.1, 0.15) is 106 Å². The Hall–Kier alpha value is -0.830. The van der Waals surface area contributed by atoms with Crippen molar-refractivity contribution in [2.24, 2.45) is 56.7 Å². The van der Waals surface area contributed by atoms with Crippen LogP contribution in [-0.4, -0.2) is 24.3 Å². The van der Waals surface area contributed by atoms with Gasteiger partial charge in [0.2, 0.25) is 0 Å². The third-order valence-corrected chi connectivity index (χ3v) is 13.6. The zero-order valence-electron chi connectivity index (χ0n) is 23.2. The van der Waals surface area contributed by atoms with Gasteiger partial charge in [-0.1, -0.05) is 60.1 Å². The molecule has 0 aromatic carbocycles. The molecule has 0 saturated heterocycles. The average molecular weight is 471 g/mol. The first kappa shape index (κ1) is 24.8. The topological polar surface area (TPSA) is 46.5 Å². The van der Waals surface area contributed by atoms with Gasteiger partial charge in [-0.05, 0) is 109 Å². The number of aliphatic hydroxyl groups is 1. The maximum absolute atomic E-state index is 13.4. The third-order valence-electron chi connectivity index (χ3n) is 13.6. The number of hydrogen-bond acceptors (Lipinski definition) is 3. The molecule has 34 heavy (non-hydrogen) atoms. The standard InChI is InChI=1S/C31H50O3/c1-19-11-16-31(26(33)34-8)18-17-29(6)21(25(31)20(19)2)9-10-23-28(5)14-13-24(32)27(3,4)22(28)12-15-30(23,29)7/h9,19-20,22-25,32H,10-18H2,1-8H3/t19-,20+,22-,23+,24+,25+,28+,29-,30-,31+/m1/s1. The summed E-state index contributed by atoms with van der Waals surface area (Å²) >= 11 is 0. The van der Waals surface area contributed by atoms with Crippen LogP contribution in [0.5, 0.6) is 0 Å². The fourth-order valence-electron chi connectivity index (χ4n) is 11.0. The Morgan fingerprint density at radius 2 is 1.65 bits per heavy atom. The molecule has 0 heterocycles. The van der Waals surface area contributed by atoms with Gasteiger partial charge >= 0.3 is 5.97 Å². The Kier molecular flexibility index (Phi) is 5.55. The van der Waals surface area contributed by atoms with E-state index >= 15 is 0 Å². The van der Waals surface area contributed by atoms with Crippen molar-refractivity contribution in [2.75, 3.05) is 7.11 Å². The highest BCUT2D eigenvalue weighted by Crippen LogP contribution is 2.75. The summed E-state index contributed by atoms with van der Waals surface area (Å²) in [7, 11) is 1.60. The van der Waals surface area contributed by atoms with E-state index in [0.29, 0.717) is 29.6 Å². The number of ether oxygens (including phenoxy) is 1. The highest BCUT2D eigenvalue weighted by Gasteiger charge is 2.69. The number of esters is 1. The molecule has 0 aromatic heterocycles. The molecule has 10 atom stereocenters. The van der Waals surface area contributed by atoms with Gasteiger partial charge in [0.15, 0.2) is 0 Å². The van der Waals surface area contributed by atoms with Gasteiger partial charge in [0, 0.05) is 0 Å². The summed E-state index contributed by atoms with van der Waals surface area (Å²) in [5.41, 5.74) is 1.91. The molecule has 5 rings (SSSR count). The lowest BCUT2D eigenvalue weighted by molar-refractivity contribution is -0.207. The van der Waals surface area contributed by atoms with E-state index in [4.69, 9.17) is 4.74 Å². The van der Waals surface area contributed by atoms with Crippen molar-refractivity contribution in [3.8, 4) is 0 Å². The van der Waals surface area contributed by atoms with Gasteiger partial charge in [-0.15, -0.1) is 0 Å².